The van der Waals surface area contributed by atoms with E-state index in [1.165, 1.54) is 142 Å². The van der Waals surface area contributed by atoms with Crippen LogP contribution in [-0.2, 0) is 0 Å². The number of fused-ring (bicyclic) bond motifs is 9. The van der Waals surface area contributed by atoms with Crippen molar-refractivity contribution in [1.29, 1.82) is 0 Å². The van der Waals surface area contributed by atoms with E-state index in [1.807, 2.05) is 0 Å². The van der Waals surface area contributed by atoms with Gasteiger partial charge in [-0.2, -0.15) is 0 Å². The third-order valence-corrected chi connectivity index (χ3v) is 14.1. The number of hydrogen-bond donors (Lipinski definition) is 0. The first-order valence-corrected chi connectivity index (χ1v) is 22.4. The minimum Gasteiger partial charge on any atom is -0.0622 e. The van der Waals surface area contributed by atoms with Crippen LogP contribution in [0.5, 0.6) is 0 Å². The van der Waals surface area contributed by atoms with Crippen molar-refractivity contribution < 1.29 is 0 Å². The second kappa shape index (κ2) is 13.6. The van der Waals surface area contributed by atoms with Crippen LogP contribution in [0.4, 0.5) is 0 Å². The molecule has 0 nitrogen and oxygen atoms in total. The zero-order valence-electron chi connectivity index (χ0n) is 34.9. The van der Waals surface area contributed by atoms with Gasteiger partial charge in [-0.05, 0) is 148 Å². The van der Waals surface area contributed by atoms with Gasteiger partial charge in [-0.1, -0.05) is 224 Å². The maximum atomic E-state index is 2.55. The molecule has 0 N–H and O–H groups in total. The Labute approximate surface area is 370 Å². The summed E-state index contributed by atoms with van der Waals surface area (Å²) in [6.45, 7) is 0. The molecule has 14 aromatic rings. The lowest BCUT2D eigenvalue weighted by Crippen LogP contribution is -1.93. The molecule has 0 unspecified atom stereocenters. The molecular formula is C64H38. The molecule has 14 aromatic carbocycles. The fraction of sp³-hybridized carbons (Fsp3) is 0. The summed E-state index contributed by atoms with van der Waals surface area (Å²) in [4.78, 5) is 0. The predicted molar refractivity (Wildman–Crippen MR) is 276 cm³/mol. The van der Waals surface area contributed by atoms with Crippen LogP contribution in [-0.4, -0.2) is 0 Å². The van der Waals surface area contributed by atoms with E-state index in [-0.39, 0.29) is 0 Å². The first-order valence-electron chi connectivity index (χ1n) is 22.4. The smallest absolute Gasteiger partial charge is 0.000718 e. The minimum absolute atomic E-state index is 1.21. The van der Waals surface area contributed by atoms with Crippen molar-refractivity contribution in [2.24, 2.45) is 0 Å². The molecule has 64 heavy (non-hydrogen) atoms. The third-order valence-electron chi connectivity index (χ3n) is 14.1. The van der Waals surface area contributed by atoms with Crippen LogP contribution in [0.25, 0.3) is 142 Å². The molecule has 0 spiro atoms. The molecular weight excluding hydrogens is 769 g/mol. The molecule has 0 heterocycles. The van der Waals surface area contributed by atoms with Gasteiger partial charge in [-0.25, -0.2) is 0 Å². The van der Waals surface area contributed by atoms with Gasteiger partial charge < -0.3 is 0 Å². The van der Waals surface area contributed by atoms with Crippen LogP contribution < -0.4 is 0 Å². The van der Waals surface area contributed by atoms with Crippen LogP contribution in [0.3, 0.4) is 0 Å². The summed E-state index contributed by atoms with van der Waals surface area (Å²) in [6.07, 6.45) is 0. The van der Waals surface area contributed by atoms with Gasteiger partial charge in [0.25, 0.3) is 0 Å². The van der Waals surface area contributed by atoms with Gasteiger partial charge >= 0.3 is 0 Å². The van der Waals surface area contributed by atoms with Crippen molar-refractivity contribution in [3.8, 4) is 55.6 Å². The van der Waals surface area contributed by atoms with Crippen LogP contribution in [0, 0.1) is 0 Å². The van der Waals surface area contributed by atoms with Crippen LogP contribution in [0.1, 0.15) is 0 Å². The standard InChI is InChI=1S/C64H38/c1-4-18-39(19-5-1)43-25-12-15-29-48(43)61-56-38-55-47-28-14-13-27-46(47)49-30-16-32-52(60(49)55)62(56)57(42-23-8-3-9-24-42)63-54-37-36-51(50-31-17-33-53(59(50)54)64(61)63)58-44-26-11-10-22-41(44)34-35-45(58)40-20-6-2-7-21-40/h1-38H. The van der Waals surface area contributed by atoms with Gasteiger partial charge in [0.1, 0.15) is 0 Å². The molecule has 0 saturated carbocycles. The van der Waals surface area contributed by atoms with Crippen molar-refractivity contribution in [1.82, 2.24) is 0 Å². The van der Waals surface area contributed by atoms with Gasteiger partial charge in [-0.3, -0.25) is 0 Å². The Morgan fingerprint density at radius 3 is 1.39 bits per heavy atom. The molecule has 0 aromatic heterocycles. The first kappa shape index (κ1) is 35.3. The third kappa shape index (κ3) is 4.88. The Morgan fingerprint density at radius 1 is 0.172 bits per heavy atom. The van der Waals surface area contributed by atoms with Crippen LogP contribution in [0.15, 0.2) is 231 Å². The SMILES string of the molecule is c1ccc(-c2ccccc2-c2c3cc4c5ccccc5c5cccc(c3c(-c3ccccc3)c3c6ccc(-c7c(-c8ccccc8)ccc8ccccc78)c7cccc(c23)c76)c54)cc1. The molecule has 0 saturated heterocycles. The van der Waals surface area contributed by atoms with E-state index in [1.54, 1.807) is 0 Å². The van der Waals surface area contributed by atoms with E-state index in [0.29, 0.717) is 0 Å². The number of benzene rings is 12. The molecule has 14 rings (SSSR count). The van der Waals surface area contributed by atoms with Crippen LogP contribution >= 0.6 is 0 Å². The maximum absolute atomic E-state index is 2.55. The highest BCUT2D eigenvalue weighted by Crippen LogP contribution is 2.56. The summed E-state index contributed by atoms with van der Waals surface area (Å²) in [6, 6.07) is 86.1. The van der Waals surface area contributed by atoms with E-state index in [0.717, 1.165) is 0 Å². The van der Waals surface area contributed by atoms with Gasteiger partial charge in [0.05, 0.1) is 0 Å². The normalized spacial score (nSPS) is 12.1. The highest BCUT2D eigenvalue weighted by atomic mass is 14.3. The zero-order chi connectivity index (χ0) is 41.9. The van der Waals surface area contributed by atoms with Gasteiger partial charge in [0, 0.05) is 0 Å². The van der Waals surface area contributed by atoms with E-state index in [4.69, 9.17) is 0 Å². The largest absolute Gasteiger partial charge is 0.0622 e. The molecule has 0 radical (unpaired) electrons. The Balaban J connectivity index is 1.24. The van der Waals surface area contributed by atoms with E-state index in [9.17, 15) is 0 Å². The molecule has 294 valence electrons. The number of rotatable bonds is 5. The Kier molecular flexibility index (Phi) is 7.49. The quantitative estimate of drug-likeness (QED) is 0.152. The molecule has 0 bridgehead atoms. The second-order valence-corrected chi connectivity index (χ2v) is 17.4. The van der Waals surface area contributed by atoms with E-state index in [2.05, 4.69) is 231 Å². The van der Waals surface area contributed by atoms with E-state index < -0.39 is 0 Å². The topological polar surface area (TPSA) is 0 Å². The Bertz CT molecular complexity index is 4140. The average molecular weight is 807 g/mol. The molecule has 0 atom stereocenters. The van der Waals surface area contributed by atoms with Crippen molar-refractivity contribution in [3.63, 3.8) is 0 Å². The molecule has 0 aliphatic rings. The van der Waals surface area contributed by atoms with Crippen molar-refractivity contribution in [2.45, 2.75) is 0 Å². The van der Waals surface area contributed by atoms with Crippen LogP contribution in [0.2, 0.25) is 0 Å². The monoisotopic (exact) mass is 806 g/mol. The van der Waals surface area contributed by atoms with Crippen molar-refractivity contribution in [2.75, 3.05) is 0 Å². The molecule has 0 heteroatoms. The van der Waals surface area contributed by atoms with E-state index >= 15 is 0 Å². The lowest BCUT2D eigenvalue weighted by molar-refractivity contribution is 1.61. The fourth-order valence-electron chi connectivity index (χ4n) is 11.6. The van der Waals surface area contributed by atoms with Crippen molar-refractivity contribution >= 4 is 86.2 Å². The summed E-state index contributed by atoms with van der Waals surface area (Å²) in [7, 11) is 0. The molecule has 0 aliphatic carbocycles. The van der Waals surface area contributed by atoms with Gasteiger partial charge in [0.2, 0.25) is 0 Å². The summed E-state index contributed by atoms with van der Waals surface area (Å²) in [5.41, 5.74) is 12.5. The number of hydrogen-bond acceptors (Lipinski definition) is 0. The lowest BCUT2D eigenvalue weighted by atomic mass is 9.82. The maximum Gasteiger partial charge on any atom is -0.000718 e. The van der Waals surface area contributed by atoms with Crippen molar-refractivity contribution in [3.05, 3.63) is 231 Å². The zero-order valence-corrected chi connectivity index (χ0v) is 34.9. The second-order valence-electron chi connectivity index (χ2n) is 17.4. The molecule has 0 aliphatic heterocycles. The first-order chi connectivity index (χ1) is 31.8. The fourth-order valence-corrected chi connectivity index (χ4v) is 11.6. The summed E-state index contributed by atoms with van der Waals surface area (Å²) < 4.78 is 0. The predicted octanol–water partition coefficient (Wildman–Crippen LogP) is 18.1. The van der Waals surface area contributed by atoms with Gasteiger partial charge in [-0.15, -0.1) is 0 Å². The minimum atomic E-state index is 1.21. The summed E-state index contributed by atoms with van der Waals surface area (Å²) in [5, 5.41) is 20.8. The Morgan fingerprint density at radius 2 is 0.656 bits per heavy atom. The molecule has 0 amide bonds. The summed E-state index contributed by atoms with van der Waals surface area (Å²) >= 11 is 0. The average Bonchev–Trinajstić information content (AvgIpc) is 3.88. The highest BCUT2D eigenvalue weighted by molar-refractivity contribution is 6.45. The Hall–Kier alpha value is -8.32. The lowest BCUT2D eigenvalue weighted by Gasteiger charge is -2.20. The molecule has 0 fully saturated rings. The summed E-state index contributed by atoms with van der Waals surface area (Å²) in [5.74, 6) is 0. The van der Waals surface area contributed by atoms with Gasteiger partial charge in [0.15, 0.2) is 0 Å². The highest BCUT2D eigenvalue weighted by Gasteiger charge is 2.28.